The zero-order chi connectivity index (χ0) is 27.2. The maximum atomic E-state index is 13.3. The highest BCUT2D eigenvalue weighted by molar-refractivity contribution is 6.05. The number of nitrogens with zero attached hydrogens (tertiary/aromatic N) is 1. The molecule has 2 amide bonds. The van der Waals surface area contributed by atoms with Gasteiger partial charge in [0.2, 0.25) is 11.8 Å². The zero-order valence-corrected chi connectivity index (χ0v) is 22.3. The quantitative estimate of drug-likeness (QED) is 0.216. The van der Waals surface area contributed by atoms with Gasteiger partial charge in [0.15, 0.2) is 0 Å². The smallest absolute Gasteiger partial charge is 0.233 e. The van der Waals surface area contributed by atoms with Crippen LogP contribution in [-0.2, 0) is 9.59 Å². The molecule has 0 unspecified atom stereocenters. The van der Waals surface area contributed by atoms with Crippen LogP contribution >= 0.6 is 0 Å². The zero-order valence-electron chi connectivity index (χ0n) is 22.3. The molecular formula is C32H39NO5. The van der Waals surface area contributed by atoms with Crippen LogP contribution < -0.4 is 0 Å². The Morgan fingerprint density at radius 1 is 1.03 bits per heavy atom. The number of carbonyl (C=O) groups excluding carboxylic acids is 2. The lowest BCUT2D eigenvalue weighted by Gasteiger charge is -2.36. The number of imide groups is 1. The number of hydrogen-bond acceptors (Lipinski definition) is 5. The molecule has 38 heavy (non-hydrogen) atoms. The molecule has 0 spiro atoms. The number of aliphatic hydroxyl groups is 2. The van der Waals surface area contributed by atoms with Crippen molar-refractivity contribution >= 4 is 23.5 Å². The lowest BCUT2D eigenvalue weighted by molar-refractivity contribution is -0.140. The summed E-state index contributed by atoms with van der Waals surface area (Å²) in [5.74, 6) is -1.80. The molecule has 0 bridgehead atoms. The van der Waals surface area contributed by atoms with E-state index in [1.165, 1.54) is 4.90 Å². The molecule has 0 saturated carbocycles. The third-order valence-corrected chi connectivity index (χ3v) is 7.93. The van der Waals surface area contributed by atoms with E-state index >= 15 is 0 Å². The largest absolute Gasteiger partial charge is 0.507 e. The summed E-state index contributed by atoms with van der Waals surface area (Å²) in [6.07, 6.45) is 4.75. The minimum Gasteiger partial charge on any atom is -0.507 e. The van der Waals surface area contributed by atoms with E-state index in [9.17, 15) is 24.9 Å². The summed E-state index contributed by atoms with van der Waals surface area (Å²) in [4.78, 5) is 27.8. The number of hydrogen-bond donors (Lipinski definition) is 3. The summed E-state index contributed by atoms with van der Waals surface area (Å²) in [6.45, 7) is 4.11. The Hall–Kier alpha value is -3.22. The van der Waals surface area contributed by atoms with Crippen LogP contribution in [0.4, 0.5) is 0 Å². The van der Waals surface area contributed by atoms with Crippen LogP contribution in [0.25, 0.3) is 11.6 Å². The number of benzene rings is 2. The van der Waals surface area contributed by atoms with E-state index < -0.39 is 23.9 Å². The number of rotatable bonds is 11. The van der Waals surface area contributed by atoms with Gasteiger partial charge in [-0.2, -0.15) is 0 Å². The Balaban J connectivity index is 1.64. The number of phenols is 1. The standard InChI is InChI=1S/C32H39NO5/c1-3-10-24-19-25-30(32(38)33(17-4-2)31(25)37)26(20-34)29(24)28(36)16-15-22(21-11-6-5-7-12-21)18-23-13-8-9-14-27(23)35/h5-9,11-14,18,25-26,28,30,34-36H,3-4,10,15-17,19-20H2,1-2H3/b22-18-/t25-,26+,28-,30-/m1/s1. The summed E-state index contributed by atoms with van der Waals surface area (Å²) in [6, 6.07) is 17.0. The Kier molecular flexibility index (Phi) is 9.18. The third kappa shape index (κ3) is 5.62. The second-order valence-electron chi connectivity index (χ2n) is 10.4. The molecule has 0 aromatic heterocycles. The molecule has 4 rings (SSSR count). The van der Waals surface area contributed by atoms with E-state index in [-0.39, 0.29) is 24.2 Å². The first-order valence-electron chi connectivity index (χ1n) is 13.8. The van der Waals surface area contributed by atoms with E-state index in [0.717, 1.165) is 35.1 Å². The number of para-hydroxylation sites is 1. The Labute approximate surface area is 225 Å². The molecule has 1 heterocycles. The maximum absolute atomic E-state index is 13.3. The van der Waals surface area contributed by atoms with E-state index in [1.54, 1.807) is 12.1 Å². The van der Waals surface area contributed by atoms with Gasteiger partial charge >= 0.3 is 0 Å². The van der Waals surface area contributed by atoms with Crippen LogP contribution in [-0.4, -0.2) is 51.3 Å². The highest BCUT2D eigenvalue weighted by atomic mass is 16.3. The second-order valence-corrected chi connectivity index (χ2v) is 10.4. The molecule has 3 N–H and O–H groups in total. The fourth-order valence-electron chi connectivity index (χ4n) is 6.20. The van der Waals surface area contributed by atoms with Crippen molar-refractivity contribution in [2.75, 3.05) is 13.2 Å². The van der Waals surface area contributed by atoms with Crippen LogP contribution in [0.5, 0.6) is 5.75 Å². The van der Waals surface area contributed by atoms with Gasteiger partial charge in [0, 0.05) is 18.0 Å². The van der Waals surface area contributed by atoms with Crippen molar-refractivity contribution in [2.24, 2.45) is 17.8 Å². The van der Waals surface area contributed by atoms with Crippen molar-refractivity contribution in [1.29, 1.82) is 0 Å². The lowest BCUT2D eigenvalue weighted by atomic mass is 9.67. The van der Waals surface area contributed by atoms with Crippen molar-refractivity contribution in [3.63, 3.8) is 0 Å². The second kappa shape index (κ2) is 12.5. The number of phenolic OH excluding ortho intramolecular Hbond substituents is 1. The van der Waals surface area contributed by atoms with Crippen LogP contribution in [0.15, 0.2) is 65.7 Å². The van der Waals surface area contributed by atoms with Crippen LogP contribution in [0, 0.1) is 17.8 Å². The summed E-state index contributed by atoms with van der Waals surface area (Å²) in [5, 5.41) is 32.4. The van der Waals surface area contributed by atoms with Gasteiger partial charge < -0.3 is 15.3 Å². The molecule has 6 nitrogen and oxygen atoms in total. The molecule has 2 aliphatic rings. The number of allylic oxidation sites excluding steroid dienone is 2. The van der Waals surface area contributed by atoms with Gasteiger partial charge in [0.1, 0.15) is 5.75 Å². The number of aromatic hydroxyl groups is 1. The van der Waals surface area contributed by atoms with Crippen LogP contribution in [0.1, 0.15) is 63.5 Å². The highest BCUT2D eigenvalue weighted by Gasteiger charge is 2.54. The number of carbonyl (C=O) groups is 2. The van der Waals surface area contributed by atoms with E-state index in [2.05, 4.69) is 6.92 Å². The molecule has 1 aliphatic heterocycles. The van der Waals surface area contributed by atoms with Crippen molar-refractivity contribution in [3.05, 3.63) is 76.9 Å². The average Bonchev–Trinajstić information content (AvgIpc) is 3.16. The van der Waals surface area contributed by atoms with Gasteiger partial charge in [-0.1, -0.05) is 74.4 Å². The summed E-state index contributed by atoms with van der Waals surface area (Å²) < 4.78 is 0. The maximum Gasteiger partial charge on any atom is 0.233 e. The predicted octanol–water partition coefficient (Wildman–Crippen LogP) is 5.19. The van der Waals surface area contributed by atoms with E-state index in [1.807, 2.05) is 55.5 Å². The normalized spacial score (nSPS) is 22.7. The fraction of sp³-hybridized carbons (Fsp3) is 0.438. The van der Waals surface area contributed by atoms with Gasteiger partial charge in [0.25, 0.3) is 0 Å². The first kappa shape index (κ1) is 27.8. The molecule has 2 aromatic rings. The topological polar surface area (TPSA) is 98.1 Å². The molecule has 202 valence electrons. The highest BCUT2D eigenvalue weighted by Crippen LogP contribution is 2.47. The van der Waals surface area contributed by atoms with Crippen molar-refractivity contribution in [3.8, 4) is 5.75 Å². The monoisotopic (exact) mass is 517 g/mol. The molecular weight excluding hydrogens is 478 g/mol. The number of likely N-dealkylation sites (tertiary alicyclic amines) is 1. The Bertz CT molecular complexity index is 1200. The molecule has 4 atom stereocenters. The van der Waals surface area contributed by atoms with Gasteiger partial charge in [0.05, 0.1) is 24.5 Å². The molecule has 2 aromatic carbocycles. The van der Waals surface area contributed by atoms with E-state index in [0.29, 0.717) is 37.8 Å². The van der Waals surface area contributed by atoms with Crippen LogP contribution in [0.3, 0.4) is 0 Å². The molecule has 1 saturated heterocycles. The summed E-state index contributed by atoms with van der Waals surface area (Å²) in [7, 11) is 0. The number of fused-ring (bicyclic) bond motifs is 1. The third-order valence-electron chi connectivity index (χ3n) is 7.93. The van der Waals surface area contributed by atoms with Gasteiger partial charge in [-0.15, -0.1) is 0 Å². The minimum absolute atomic E-state index is 0.139. The van der Waals surface area contributed by atoms with Gasteiger partial charge in [-0.25, -0.2) is 0 Å². The number of aliphatic hydroxyl groups excluding tert-OH is 2. The predicted molar refractivity (Wildman–Crippen MR) is 149 cm³/mol. The average molecular weight is 518 g/mol. The van der Waals surface area contributed by atoms with E-state index in [4.69, 9.17) is 0 Å². The molecule has 1 fully saturated rings. The molecule has 1 aliphatic carbocycles. The van der Waals surface area contributed by atoms with Crippen molar-refractivity contribution in [1.82, 2.24) is 4.90 Å². The van der Waals surface area contributed by atoms with Crippen molar-refractivity contribution < 1.29 is 24.9 Å². The first-order valence-corrected chi connectivity index (χ1v) is 13.8. The number of amides is 2. The summed E-state index contributed by atoms with van der Waals surface area (Å²) >= 11 is 0. The Morgan fingerprint density at radius 2 is 1.74 bits per heavy atom. The van der Waals surface area contributed by atoms with Gasteiger partial charge in [-0.05, 0) is 61.0 Å². The van der Waals surface area contributed by atoms with Gasteiger partial charge in [-0.3, -0.25) is 14.5 Å². The van der Waals surface area contributed by atoms with Crippen LogP contribution in [0.2, 0.25) is 0 Å². The van der Waals surface area contributed by atoms with Crippen molar-refractivity contribution in [2.45, 2.75) is 58.5 Å². The lowest BCUT2D eigenvalue weighted by Crippen LogP contribution is -2.39. The minimum atomic E-state index is -0.853. The molecule has 6 heteroatoms. The first-order chi connectivity index (χ1) is 18.4. The fourth-order valence-corrected chi connectivity index (χ4v) is 6.20. The molecule has 0 radical (unpaired) electrons. The SMILES string of the molecule is CCCC1=C([C@H](O)CC/C(=C/c2ccccc2O)c2ccccc2)[C@H](CO)[C@@H]2C(=O)N(CCC)C(=O)[C@@H]2C1. The Morgan fingerprint density at radius 3 is 2.39 bits per heavy atom. The summed E-state index contributed by atoms with van der Waals surface area (Å²) in [5.41, 5.74) is 4.42.